The number of hydrogen-bond acceptors (Lipinski definition) is 3. The maximum atomic E-state index is 11.6. The van der Waals surface area contributed by atoms with Gasteiger partial charge in [0.05, 0.1) is 0 Å². The van der Waals surface area contributed by atoms with E-state index in [1.165, 1.54) is 18.2 Å². The number of carboxylic acid groups (broad SMARTS) is 1. The number of phenols is 1. The van der Waals surface area contributed by atoms with E-state index in [1.807, 2.05) is 6.92 Å². The number of nitrogens with one attached hydrogen (secondary N) is 1. The van der Waals surface area contributed by atoms with Gasteiger partial charge in [0.25, 0.3) is 0 Å². The molecule has 1 aromatic carbocycles. The van der Waals surface area contributed by atoms with Gasteiger partial charge in [0.15, 0.2) is 0 Å². The van der Waals surface area contributed by atoms with E-state index in [1.54, 1.807) is 6.92 Å². The first kappa shape index (κ1) is 13.0. The van der Waals surface area contributed by atoms with Crippen molar-refractivity contribution < 1.29 is 19.8 Å². The van der Waals surface area contributed by atoms with Crippen LogP contribution in [0.25, 0.3) is 0 Å². The lowest BCUT2D eigenvalue weighted by Crippen LogP contribution is -2.19. The molecule has 0 fully saturated rings. The van der Waals surface area contributed by atoms with Crippen LogP contribution in [0.2, 0.25) is 0 Å². The second kappa shape index (κ2) is 5.34. The summed E-state index contributed by atoms with van der Waals surface area (Å²) < 4.78 is 0. The highest BCUT2D eigenvalue weighted by molar-refractivity contribution is 5.95. The van der Waals surface area contributed by atoms with Gasteiger partial charge in [0.2, 0.25) is 5.91 Å². The Hall–Kier alpha value is -2.04. The summed E-state index contributed by atoms with van der Waals surface area (Å²) in [4.78, 5) is 22.2. The Balaban J connectivity index is 2.84. The molecule has 0 saturated carbocycles. The van der Waals surface area contributed by atoms with Crippen molar-refractivity contribution in [1.29, 1.82) is 0 Å². The zero-order valence-corrected chi connectivity index (χ0v) is 9.73. The summed E-state index contributed by atoms with van der Waals surface area (Å²) in [5.74, 6) is -1.85. The van der Waals surface area contributed by atoms with Crippen molar-refractivity contribution in [1.82, 2.24) is 0 Å². The number of hydrogen-bond donors (Lipinski definition) is 3. The summed E-state index contributed by atoms with van der Waals surface area (Å²) in [7, 11) is 0. The lowest BCUT2D eigenvalue weighted by molar-refractivity contribution is -0.119. The average Bonchev–Trinajstić information content (AvgIpc) is 2.27. The molecule has 0 radical (unpaired) electrons. The molecule has 5 heteroatoms. The third-order valence-electron chi connectivity index (χ3n) is 2.56. The van der Waals surface area contributed by atoms with Crippen LogP contribution in [-0.2, 0) is 4.79 Å². The fourth-order valence-corrected chi connectivity index (χ4v) is 1.24. The molecule has 1 atom stereocenters. The Kier molecular flexibility index (Phi) is 4.09. The van der Waals surface area contributed by atoms with E-state index in [9.17, 15) is 14.7 Å². The molecule has 17 heavy (non-hydrogen) atoms. The predicted octanol–water partition coefficient (Wildman–Crippen LogP) is 2.07. The standard InChI is InChI=1S/C12H15NO4/c1-3-7(2)11(15)13-8-4-5-9(12(16)17)10(14)6-8/h4-7,14H,3H2,1-2H3,(H,13,15)(H,16,17). The normalized spacial score (nSPS) is 11.9. The largest absolute Gasteiger partial charge is 0.507 e. The summed E-state index contributed by atoms with van der Waals surface area (Å²) in [6.07, 6.45) is 0.713. The molecule has 0 bridgehead atoms. The Labute approximate surface area is 99.1 Å². The van der Waals surface area contributed by atoms with Crippen LogP contribution in [0.4, 0.5) is 5.69 Å². The van der Waals surface area contributed by atoms with E-state index < -0.39 is 5.97 Å². The minimum atomic E-state index is -1.21. The number of aromatic carboxylic acids is 1. The van der Waals surface area contributed by atoms with E-state index in [-0.39, 0.29) is 23.1 Å². The molecule has 1 rings (SSSR count). The van der Waals surface area contributed by atoms with Crippen LogP contribution in [0.15, 0.2) is 18.2 Å². The van der Waals surface area contributed by atoms with Crippen molar-refractivity contribution in [3.05, 3.63) is 23.8 Å². The van der Waals surface area contributed by atoms with Crippen LogP contribution in [-0.4, -0.2) is 22.1 Å². The summed E-state index contributed by atoms with van der Waals surface area (Å²) in [6.45, 7) is 3.69. The third-order valence-corrected chi connectivity index (χ3v) is 2.56. The molecule has 0 aromatic heterocycles. The molecule has 1 amide bonds. The molecule has 92 valence electrons. The quantitative estimate of drug-likeness (QED) is 0.748. The first-order chi connectivity index (χ1) is 7.95. The molecule has 0 aliphatic heterocycles. The van der Waals surface area contributed by atoms with Crippen LogP contribution in [0.5, 0.6) is 5.75 Å². The van der Waals surface area contributed by atoms with Crippen LogP contribution < -0.4 is 5.32 Å². The van der Waals surface area contributed by atoms with Gasteiger partial charge in [-0.05, 0) is 18.6 Å². The molecule has 0 spiro atoms. The second-order valence-corrected chi connectivity index (χ2v) is 3.84. The SMILES string of the molecule is CCC(C)C(=O)Nc1ccc(C(=O)O)c(O)c1. The van der Waals surface area contributed by atoms with Gasteiger partial charge < -0.3 is 15.5 Å². The lowest BCUT2D eigenvalue weighted by atomic mass is 10.1. The van der Waals surface area contributed by atoms with Gasteiger partial charge in [-0.25, -0.2) is 4.79 Å². The smallest absolute Gasteiger partial charge is 0.339 e. The molecule has 0 aliphatic rings. The Morgan fingerprint density at radius 3 is 2.53 bits per heavy atom. The minimum absolute atomic E-state index is 0.128. The van der Waals surface area contributed by atoms with Gasteiger partial charge in [0, 0.05) is 17.7 Å². The molecule has 0 heterocycles. The number of carbonyl (C=O) groups is 2. The molecular weight excluding hydrogens is 222 g/mol. The Morgan fingerprint density at radius 2 is 2.06 bits per heavy atom. The molecule has 1 unspecified atom stereocenters. The number of benzene rings is 1. The maximum absolute atomic E-state index is 11.6. The van der Waals surface area contributed by atoms with E-state index in [0.29, 0.717) is 12.1 Å². The van der Waals surface area contributed by atoms with Crippen molar-refractivity contribution in [2.45, 2.75) is 20.3 Å². The fourth-order valence-electron chi connectivity index (χ4n) is 1.24. The van der Waals surface area contributed by atoms with Crippen LogP contribution >= 0.6 is 0 Å². The molecule has 0 aliphatic carbocycles. The van der Waals surface area contributed by atoms with Crippen molar-refractivity contribution in [3.8, 4) is 5.75 Å². The van der Waals surface area contributed by atoms with Crippen LogP contribution in [0, 0.1) is 5.92 Å². The molecular formula is C12H15NO4. The highest BCUT2D eigenvalue weighted by atomic mass is 16.4. The number of aromatic hydroxyl groups is 1. The van der Waals surface area contributed by atoms with Crippen molar-refractivity contribution in [2.24, 2.45) is 5.92 Å². The first-order valence-electron chi connectivity index (χ1n) is 5.32. The summed E-state index contributed by atoms with van der Waals surface area (Å²) in [5, 5.41) is 20.8. The lowest BCUT2D eigenvalue weighted by Gasteiger charge is -2.10. The number of rotatable bonds is 4. The Bertz CT molecular complexity index is 442. The number of anilines is 1. The fraction of sp³-hybridized carbons (Fsp3) is 0.333. The summed E-state index contributed by atoms with van der Waals surface area (Å²) >= 11 is 0. The van der Waals surface area contributed by atoms with Crippen LogP contribution in [0.3, 0.4) is 0 Å². The van der Waals surface area contributed by atoms with Gasteiger partial charge in [-0.1, -0.05) is 13.8 Å². The second-order valence-electron chi connectivity index (χ2n) is 3.84. The van der Waals surface area contributed by atoms with E-state index in [2.05, 4.69) is 5.32 Å². The molecule has 3 N–H and O–H groups in total. The van der Waals surface area contributed by atoms with Gasteiger partial charge in [-0.2, -0.15) is 0 Å². The summed E-state index contributed by atoms with van der Waals surface area (Å²) in [6, 6.07) is 3.93. The van der Waals surface area contributed by atoms with E-state index in [4.69, 9.17) is 5.11 Å². The van der Waals surface area contributed by atoms with Gasteiger partial charge >= 0.3 is 5.97 Å². The monoisotopic (exact) mass is 237 g/mol. The highest BCUT2D eigenvalue weighted by Crippen LogP contribution is 2.22. The average molecular weight is 237 g/mol. The predicted molar refractivity (Wildman–Crippen MR) is 63.2 cm³/mol. The van der Waals surface area contributed by atoms with Crippen molar-refractivity contribution in [3.63, 3.8) is 0 Å². The van der Waals surface area contributed by atoms with Gasteiger partial charge in [-0.3, -0.25) is 4.79 Å². The number of carbonyl (C=O) groups excluding carboxylic acids is 1. The minimum Gasteiger partial charge on any atom is -0.507 e. The third kappa shape index (κ3) is 3.21. The molecule has 0 saturated heterocycles. The summed E-state index contributed by atoms with van der Waals surface area (Å²) in [5.41, 5.74) is 0.198. The zero-order valence-electron chi connectivity index (χ0n) is 9.73. The highest BCUT2D eigenvalue weighted by Gasteiger charge is 2.13. The molecule has 1 aromatic rings. The Morgan fingerprint density at radius 1 is 1.41 bits per heavy atom. The number of amides is 1. The topological polar surface area (TPSA) is 86.6 Å². The zero-order chi connectivity index (χ0) is 13.0. The van der Waals surface area contributed by atoms with Crippen LogP contribution in [0.1, 0.15) is 30.6 Å². The van der Waals surface area contributed by atoms with E-state index in [0.717, 1.165) is 0 Å². The maximum Gasteiger partial charge on any atom is 0.339 e. The van der Waals surface area contributed by atoms with Crippen molar-refractivity contribution in [2.75, 3.05) is 5.32 Å². The molecule has 5 nitrogen and oxygen atoms in total. The first-order valence-corrected chi connectivity index (χ1v) is 5.32. The van der Waals surface area contributed by atoms with Gasteiger partial charge in [-0.15, -0.1) is 0 Å². The van der Waals surface area contributed by atoms with Gasteiger partial charge in [0.1, 0.15) is 11.3 Å². The van der Waals surface area contributed by atoms with Crippen molar-refractivity contribution >= 4 is 17.6 Å². The number of carboxylic acids is 1. The van der Waals surface area contributed by atoms with E-state index >= 15 is 0 Å².